The Morgan fingerprint density at radius 3 is 0.119 bits per heavy atom. The van der Waals surface area contributed by atoms with Crippen LogP contribution >= 0.6 is 0 Å². The molecule has 0 saturated carbocycles. The molecule has 1 heterocycles. The molecule has 0 atom stereocenters. The second-order valence-electron chi connectivity index (χ2n) is 31.5. The van der Waals surface area contributed by atoms with Crippen LogP contribution in [0.1, 0.15) is 0 Å². The van der Waals surface area contributed by atoms with Crippen molar-refractivity contribution < 1.29 is 86.4 Å². The van der Waals surface area contributed by atoms with E-state index in [1.165, 1.54) is 0 Å². The Labute approximate surface area is 536 Å². The summed E-state index contributed by atoms with van der Waals surface area (Å²) in [5, 5.41) is 0. The summed E-state index contributed by atoms with van der Waals surface area (Å²) < 4.78 is 146. The molecule has 42 heteroatoms. The quantitative estimate of drug-likeness (QED) is 0.208. The Bertz CT molecular complexity index is 1430. The van der Waals surface area contributed by atoms with Crippen molar-refractivity contribution in [3.63, 3.8) is 0 Å². The highest BCUT2D eigenvalue weighted by molar-refractivity contribution is 6.97. The van der Waals surface area contributed by atoms with Gasteiger partial charge in [0.1, 0.15) is 0 Å². The maximum atomic E-state index is 6.95. The SMILES string of the molecule is C[Si]1(C)O[Si](C)(C)O[Si](C)(C)O[Si](C)(C)O[Si](C)(C)O[Si](C)(C)O[Si](C)(C)O[Si](C)(C)O[Si](C)(C)O[Si](C)(C)O[Si](C)(C)O[Si](C)(C)O[Si](C)(C)O[Si](C)(C)O[Si](C)(C)O[Si](C)(C)O[Si](C)(C)O[Si](C)(C)O[Si](C)(C)O[Si](C)(C)O[Si](C)(C)O1. The van der Waals surface area contributed by atoms with E-state index in [0.29, 0.717) is 0 Å². The first kappa shape index (κ1) is 85.7. The topological polar surface area (TPSA) is 194 Å². The van der Waals surface area contributed by atoms with Crippen LogP contribution in [0.4, 0.5) is 0 Å². The lowest BCUT2D eigenvalue weighted by atomic mass is 11.9. The van der Waals surface area contributed by atoms with Crippen molar-refractivity contribution in [2.24, 2.45) is 0 Å². The molecule has 1 aliphatic rings. The second kappa shape index (κ2) is 28.0. The standard InChI is InChI=1S/C42H126O21Si21/c1-64(2)43-65(3,4)45-67(7,8)47-69(11,12)49-71(15,16)51-73(19,20)53-75(23,24)55-77(27,28)57-79(31,32)59-81(35,36)61-83(39,40)63-84(41,42)62-82(37,38)60-80(33,34)58-78(29,30)56-76(25,26)54-74(21,22)52-72(17,18)50-70(13,14)48-68(9,10)46-66(5,6)44-64/h1-42H3. The van der Waals surface area contributed by atoms with Gasteiger partial charge in [-0.25, -0.2) is 0 Å². The van der Waals surface area contributed by atoms with Crippen LogP contribution in [0.15, 0.2) is 0 Å². The maximum Gasteiger partial charge on any atom is 0.314 e. The molecular weight excluding hydrogens is 1430 g/mol. The molecule has 21 nitrogen and oxygen atoms in total. The molecule has 1 aliphatic heterocycles. The molecule has 0 aromatic carbocycles. The summed E-state index contributed by atoms with van der Waals surface area (Å²) in [6.07, 6.45) is 0. The van der Waals surface area contributed by atoms with Gasteiger partial charge in [-0.3, -0.25) is 0 Å². The van der Waals surface area contributed by atoms with Gasteiger partial charge < -0.3 is 86.4 Å². The third-order valence-corrected chi connectivity index (χ3v) is 92.9. The van der Waals surface area contributed by atoms with Gasteiger partial charge in [0.2, 0.25) is 0 Å². The van der Waals surface area contributed by atoms with E-state index >= 15 is 0 Å². The summed E-state index contributed by atoms with van der Waals surface area (Å²) in [7, 11) is -60.2. The van der Waals surface area contributed by atoms with Crippen LogP contribution in [0.3, 0.4) is 0 Å². The number of hydrogen-bond donors (Lipinski definition) is 0. The molecule has 0 aliphatic carbocycles. The van der Waals surface area contributed by atoms with Gasteiger partial charge in [-0.1, -0.05) is 0 Å². The van der Waals surface area contributed by atoms with E-state index in [-0.39, 0.29) is 0 Å². The van der Waals surface area contributed by atoms with Crippen LogP contribution in [0.2, 0.25) is 275 Å². The minimum Gasteiger partial charge on any atom is -0.416 e. The highest BCUT2D eigenvalue weighted by atomic mass is 28.6. The molecule has 0 N–H and O–H groups in total. The zero-order valence-corrected chi connectivity index (χ0v) is 82.1. The molecule has 1 fully saturated rings. The molecule has 84 heavy (non-hydrogen) atoms. The molecule has 0 aromatic rings. The average molecular weight is 1560 g/mol. The van der Waals surface area contributed by atoms with E-state index in [1.807, 2.05) is 0 Å². The van der Waals surface area contributed by atoms with Crippen LogP contribution in [-0.2, 0) is 86.4 Å². The molecule has 0 amide bonds. The fraction of sp³-hybridized carbons (Fsp3) is 1.00. The van der Waals surface area contributed by atoms with Crippen molar-refractivity contribution in [1.29, 1.82) is 0 Å². The molecule has 0 unspecified atom stereocenters. The lowest BCUT2D eigenvalue weighted by Gasteiger charge is -2.45. The van der Waals surface area contributed by atoms with E-state index in [9.17, 15) is 0 Å². The minimum absolute atomic E-state index is 2.05. The second-order valence-corrected chi connectivity index (χ2v) is 107. The third kappa shape index (κ3) is 36.6. The summed E-state index contributed by atoms with van der Waals surface area (Å²) in [6.45, 7) is 86.3. The van der Waals surface area contributed by atoms with Crippen molar-refractivity contribution in [3.05, 3.63) is 0 Å². The molecule has 0 spiro atoms. The summed E-state index contributed by atoms with van der Waals surface area (Å²) in [4.78, 5) is 0. The van der Waals surface area contributed by atoms with Gasteiger partial charge in [-0.2, -0.15) is 0 Å². The Hall–Kier alpha value is 3.71. The van der Waals surface area contributed by atoms with Gasteiger partial charge in [0, 0.05) is 0 Å². The summed E-state index contributed by atoms with van der Waals surface area (Å²) in [6, 6.07) is 0. The van der Waals surface area contributed by atoms with Crippen molar-refractivity contribution >= 4 is 180 Å². The Morgan fingerprint density at radius 2 is 0.0952 bits per heavy atom. The lowest BCUT2D eigenvalue weighted by molar-refractivity contribution is 0.250. The smallest absolute Gasteiger partial charge is 0.314 e. The zero-order valence-electron chi connectivity index (χ0n) is 61.1. The monoisotopic (exact) mass is 1550 g/mol. The summed E-state index contributed by atoms with van der Waals surface area (Å²) in [5.74, 6) is 0. The van der Waals surface area contributed by atoms with Crippen LogP contribution in [0.5, 0.6) is 0 Å². The van der Waals surface area contributed by atoms with Gasteiger partial charge in [-0.05, 0) is 275 Å². The fourth-order valence-corrected chi connectivity index (χ4v) is 124. The lowest BCUT2D eigenvalue weighted by Crippen LogP contribution is -2.63. The average Bonchev–Trinajstić information content (AvgIpc) is 2.94. The van der Waals surface area contributed by atoms with Crippen molar-refractivity contribution in [2.45, 2.75) is 275 Å². The predicted octanol–water partition coefficient (Wildman–Crippen LogP) is 15.1. The van der Waals surface area contributed by atoms with E-state index in [4.69, 9.17) is 86.4 Å². The minimum atomic E-state index is -2.87. The molecule has 0 aromatic heterocycles. The van der Waals surface area contributed by atoms with E-state index < -0.39 is 180 Å². The van der Waals surface area contributed by atoms with Gasteiger partial charge >= 0.3 is 180 Å². The Kier molecular flexibility index (Phi) is 28.6. The van der Waals surface area contributed by atoms with Crippen molar-refractivity contribution in [3.8, 4) is 0 Å². The Balaban J connectivity index is 3.74. The van der Waals surface area contributed by atoms with Crippen LogP contribution in [-0.4, -0.2) is 180 Å². The van der Waals surface area contributed by atoms with E-state index in [2.05, 4.69) is 275 Å². The molecule has 0 radical (unpaired) electrons. The van der Waals surface area contributed by atoms with Crippen molar-refractivity contribution in [2.75, 3.05) is 0 Å². The van der Waals surface area contributed by atoms with Crippen LogP contribution < -0.4 is 0 Å². The van der Waals surface area contributed by atoms with Gasteiger partial charge in [0.25, 0.3) is 0 Å². The molecule has 0 bridgehead atoms. The molecular formula is C42H126O21Si21. The number of hydrogen-bond acceptors (Lipinski definition) is 21. The van der Waals surface area contributed by atoms with Crippen LogP contribution in [0.25, 0.3) is 0 Å². The highest BCUT2D eigenvalue weighted by Gasteiger charge is 2.56. The van der Waals surface area contributed by atoms with Crippen LogP contribution in [0, 0.1) is 0 Å². The van der Waals surface area contributed by atoms with Gasteiger partial charge in [0.15, 0.2) is 0 Å². The normalized spacial score (nSPS) is 31.5. The first-order chi connectivity index (χ1) is 35.8. The maximum absolute atomic E-state index is 6.95. The first-order valence-corrected chi connectivity index (χ1v) is 88.7. The summed E-state index contributed by atoms with van der Waals surface area (Å²) >= 11 is 0. The van der Waals surface area contributed by atoms with Gasteiger partial charge in [-0.15, -0.1) is 0 Å². The van der Waals surface area contributed by atoms with E-state index in [1.54, 1.807) is 0 Å². The fourth-order valence-electron chi connectivity index (χ4n) is 12.9. The Morgan fingerprint density at radius 1 is 0.0714 bits per heavy atom. The predicted molar refractivity (Wildman–Crippen MR) is 390 cm³/mol. The summed E-state index contributed by atoms with van der Waals surface area (Å²) in [5.41, 5.74) is 0. The third-order valence-electron chi connectivity index (χ3n) is 10.3. The largest absolute Gasteiger partial charge is 0.416 e. The molecule has 504 valence electrons. The highest BCUT2D eigenvalue weighted by Crippen LogP contribution is 2.36. The molecule has 1 saturated heterocycles. The number of rotatable bonds is 0. The van der Waals surface area contributed by atoms with Crippen molar-refractivity contribution in [1.82, 2.24) is 0 Å². The zero-order chi connectivity index (χ0) is 67.3. The first-order valence-electron chi connectivity index (χ1n) is 29.6. The molecule has 1 rings (SSSR count). The van der Waals surface area contributed by atoms with Gasteiger partial charge in [0.05, 0.1) is 0 Å². The van der Waals surface area contributed by atoms with E-state index in [0.717, 1.165) is 0 Å².